The van der Waals surface area contributed by atoms with E-state index in [9.17, 15) is 0 Å². The molecule has 3 N–H and O–H groups in total. The lowest BCUT2D eigenvalue weighted by molar-refractivity contribution is 0.244. The molecule has 1 saturated heterocycles. The minimum atomic E-state index is 0.294. The van der Waals surface area contributed by atoms with Gasteiger partial charge in [0.05, 0.1) is 0 Å². The Morgan fingerprint density at radius 1 is 1.62 bits per heavy atom. The van der Waals surface area contributed by atoms with Crippen LogP contribution in [0, 0.1) is 12.8 Å². The van der Waals surface area contributed by atoms with Gasteiger partial charge in [-0.15, -0.1) is 0 Å². The van der Waals surface area contributed by atoms with E-state index in [4.69, 9.17) is 10.8 Å². The molecule has 1 aromatic rings. The number of aromatic nitrogens is 1. The van der Waals surface area contributed by atoms with Gasteiger partial charge in [0.25, 0.3) is 0 Å². The Balaban J connectivity index is 2.06. The fourth-order valence-corrected chi connectivity index (χ4v) is 3.15. The van der Waals surface area contributed by atoms with Gasteiger partial charge in [0.2, 0.25) is 0 Å². The third kappa shape index (κ3) is 2.30. The summed E-state index contributed by atoms with van der Waals surface area (Å²) in [5, 5.41) is 10.2. The molecule has 5 heteroatoms. The number of nitrogens with two attached hydrogens (primary N) is 1. The van der Waals surface area contributed by atoms with Crippen molar-refractivity contribution in [2.45, 2.75) is 26.2 Å². The SMILES string of the molecule is Cc1c(N)nsc1N1CCCC(CCO)C1. The van der Waals surface area contributed by atoms with E-state index in [-0.39, 0.29) is 0 Å². The Kier molecular flexibility index (Phi) is 3.66. The van der Waals surface area contributed by atoms with Crippen molar-refractivity contribution in [2.75, 3.05) is 30.3 Å². The van der Waals surface area contributed by atoms with Crippen LogP contribution in [-0.2, 0) is 0 Å². The second-order valence-corrected chi connectivity index (χ2v) is 5.22. The molecule has 1 unspecified atom stereocenters. The van der Waals surface area contributed by atoms with Gasteiger partial charge in [0.1, 0.15) is 10.8 Å². The highest BCUT2D eigenvalue weighted by molar-refractivity contribution is 7.10. The highest BCUT2D eigenvalue weighted by atomic mass is 32.1. The van der Waals surface area contributed by atoms with Crippen LogP contribution < -0.4 is 10.6 Å². The number of hydrogen-bond donors (Lipinski definition) is 2. The maximum Gasteiger partial charge on any atom is 0.142 e. The molecular formula is C11H19N3OS. The molecule has 0 saturated carbocycles. The number of nitrogen functional groups attached to an aromatic ring is 1. The quantitative estimate of drug-likeness (QED) is 0.844. The molecule has 0 spiro atoms. The van der Waals surface area contributed by atoms with Crippen LogP contribution in [0.3, 0.4) is 0 Å². The van der Waals surface area contributed by atoms with E-state index in [2.05, 4.69) is 9.27 Å². The van der Waals surface area contributed by atoms with Crippen LogP contribution in [0.4, 0.5) is 10.8 Å². The van der Waals surface area contributed by atoms with Gasteiger partial charge in [-0.3, -0.25) is 0 Å². The molecule has 1 aliphatic heterocycles. The van der Waals surface area contributed by atoms with E-state index in [1.807, 2.05) is 6.92 Å². The van der Waals surface area contributed by atoms with Crippen molar-refractivity contribution >= 4 is 22.4 Å². The molecule has 2 rings (SSSR count). The van der Waals surface area contributed by atoms with Gasteiger partial charge in [-0.05, 0) is 43.6 Å². The Bertz CT molecular complexity index is 351. The molecule has 0 amide bonds. The normalized spacial score (nSPS) is 21.4. The lowest BCUT2D eigenvalue weighted by atomic mass is 9.95. The van der Waals surface area contributed by atoms with Crippen LogP contribution in [0.1, 0.15) is 24.8 Å². The van der Waals surface area contributed by atoms with Gasteiger partial charge in [-0.2, -0.15) is 4.37 Å². The number of nitrogens with zero attached hydrogens (tertiary/aromatic N) is 2. The first-order valence-corrected chi connectivity index (χ1v) is 6.57. The molecule has 16 heavy (non-hydrogen) atoms. The lowest BCUT2D eigenvalue weighted by Crippen LogP contribution is -2.35. The third-order valence-corrected chi connectivity index (χ3v) is 4.30. The summed E-state index contributed by atoms with van der Waals surface area (Å²) in [7, 11) is 0. The van der Waals surface area contributed by atoms with E-state index < -0.39 is 0 Å². The summed E-state index contributed by atoms with van der Waals surface area (Å²) in [5.41, 5.74) is 6.88. The van der Waals surface area contributed by atoms with Crippen molar-refractivity contribution in [2.24, 2.45) is 5.92 Å². The van der Waals surface area contributed by atoms with Gasteiger partial charge < -0.3 is 15.7 Å². The van der Waals surface area contributed by atoms with Crippen LogP contribution in [0.25, 0.3) is 0 Å². The maximum atomic E-state index is 8.99. The largest absolute Gasteiger partial charge is 0.396 e. The van der Waals surface area contributed by atoms with Crippen LogP contribution in [0.5, 0.6) is 0 Å². The highest BCUT2D eigenvalue weighted by Gasteiger charge is 2.22. The smallest absolute Gasteiger partial charge is 0.142 e. The summed E-state index contributed by atoms with van der Waals surface area (Å²) in [6, 6.07) is 0. The van der Waals surface area contributed by atoms with Crippen LogP contribution in [0.15, 0.2) is 0 Å². The Hall–Kier alpha value is -0.810. The molecule has 0 radical (unpaired) electrons. The zero-order chi connectivity index (χ0) is 11.5. The molecule has 0 aliphatic carbocycles. The molecule has 1 aromatic heterocycles. The van der Waals surface area contributed by atoms with Gasteiger partial charge in [-0.1, -0.05) is 0 Å². The molecule has 1 atom stereocenters. The number of aliphatic hydroxyl groups excluding tert-OH is 1. The monoisotopic (exact) mass is 241 g/mol. The molecule has 0 aromatic carbocycles. The first kappa shape index (κ1) is 11.7. The van der Waals surface area contributed by atoms with Crippen molar-refractivity contribution < 1.29 is 5.11 Å². The van der Waals surface area contributed by atoms with E-state index >= 15 is 0 Å². The van der Waals surface area contributed by atoms with Crippen molar-refractivity contribution in [3.8, 4) is 0 Å². The summed E-state index contributed by atoms with van der Waals surface area (Å²) in [5.74, 6) is 1.27. The predicted molar refractivity (Wildman–Crippen MR) is 67.9 cm³/mol. The van der Waals surface area contributed by atoms with Crippen molar-refractivity contribution in [1.29, 1.82) is 0 Å². The maximum absolute atomic E-state index is 8.99. The fraction of sp³-hybridized carbons (Fsp3) is 0.727. The van der Waals surface area contributed by atoms with E-state index in [1.165, 1.54) is 29.4 Å². The van der Waals surface area contributed by atoms with E-state index in [1.54, 1.807) is 0 Å². The number of aliphatic hydroxyl groups is 1. The molecule has 0 bridgehead atoms. The average Bonchev–Trinajstić information content (AvgIpc) is 2.61. The van der Waals surface area contributed by atoms with Gasteiger partial charge in [0, 0.05) is 25.3 Å². The first-order valence-electron chi connectivity index (χ1n) is 5.80. The fourth-order valence-electron chi connectivity index (χ4n) is 2.30. The minimum Gasteiger partial charge on any atom is -0.396 e. The highest BCUT2D eigenvalue weighted by Crippen LogP contribution is 2.33. The molecule has 90 valence electrons. The lowest BCUT2D eigenvalue weighted by Gasteiger charge is -2.33. The Morgan fingerprint density at radius 2 is 2.44 bits per heavy atom. The van der Waals surface area contributed by atoms with Gasteiger partial charge in [0.15, 0.2) is 0 Å². The summed E-state index contributed by atoms with van der Waals surface area (Å²) in [4.78, 5) is 2.37. The second kappa shape index (κ2) is 5.01. The predicted octanol–water partition coefficient (Wildman–Crippen LogP) is 1.63. The molecular weight excluding hydrogens is 222 g/mol. The van der Waals surface area contributed by atoms with Crippen LogP contribution in [-0.4, -0.2) is 29.2 Å². The average molecular weight is 241 g/mol. The zero-order valence-electron chi connectivity index (χ0n) is 9.65. The number of piperidine rings is 1. The van der Waals surface area contributed by atoms with Crippen LogP contribution >= 0.6 is 11.5 Å². The molecule has 1 fully saturated rings. The number of hydrogen-bond acceptors (Lipinski definition) is 5. The standard InChI is InChI=1S/C11H19N3OS/c1-8-10(12)13-16-11(8)14-5-2-3-9(7-14)4-6-15/h9,15H,2-7H2,1H3,(H2,12,13). The van der Waals surface area contributed by atoms with Crippen LogP contribution in [0.2, 0.25) is 0 Å². The number of rotatable bonds is 3. The minimum absolute atomic E-state index is 0.294. The topological polar surface area (TPSA) is 62.4 Å². The summed E-state index contributed by atoms with van der Waals surface area (Å²) in [6.45, 7) is 4.44. The zero-order valence-corrected chi connectivity index (χ0v) is 10.5. The summed E-state index contributed by atoms with van der Waals surface area (Å²) in [6.07, 6.45) is 3.33. The Morgan fingerprint density at radius 3 is 3.06 bits per heavy atom. The summed E-state index contributed by atoms with van der Waals surface area (Å²) >= 11 is 1.49. The van der Waals surface area contributed by atoms with Crippen molar-refractivity contribution in [3.63, 3.8) is 0 Å². The van der Waals surface area contributed by atoms with Gasteiger partial charge in [-0.25, -0.2) is 0 Å². The summed E-state index contributed by atoms with van der Waals surface area (Å²) < 4.78 is 4.19. The van der Waals surface area contributed by atoms with E-state index in [0.29, 0.717) is 18.3 Å². The second-order valence-electron chi connectivity index (χ2n) is 4.46. The Labute approximate surface area is 100 Å². The van der Waals surface area contributed by atoms with Crippen molar-refractivity contribution in [1.82, 2.24) is 4.37 Å². The number of anilines is 2. The first-order chi connectivity index (χ1) is 7.72. The van der Waals surface area contributed by atoms with Gasteiger partial charge >= 0.3 is 0 Å². The van der Waals surface area contributed by atoms with Crippen molar-refractivity contribution in [3.05, 3.63) is 5.56 Å². The molecule has 1 aliphatic rings. The third-order valence-electron chi connectivity index (χ3n) is 3.28. The van der Waals surface area contributed by atoms with E-state index in [0.717, 1.165) is 25.1 Å². The molecule has 4 nitrogen and oxygen atoms in total. The molecule has 2 heterocycles.